The van der Waals surface area contributed by atoms with Gasteiger partial charge in [0.25, 0.3) is 0 Å². The fourth-order valence-electron chi connectivity index (χ4n) is 1.87. The summed E-state index contributed by atoms with van der Waals surface area (Å²) in [4.78, 5) is 7.13. The summed E-state index contributed by atoms with van der Waals surface area (Å²) in [5.74, 6) is 0. The molecular weight excluding hydrogens is 444 g/mol. The molecule has 0 saturated carbocycles. The third-order valence-electron chi connectivity index (χ3n) is 2.81. The van der Waals surface area contributed by atoms with E-state index in [1.165, 1.54) is 0 Å². The number of rotatable bonds is 2. The predicted octanol–water partition coefficient (Wildman–Crippen LogP) is 1.66. The fourth-order valence-corrected chi connectivity index (χ4v) is 1.87. The van der Waals surface area contributed by atoms with E-state index in [2.05, 4.69) is 21.1 Å². The summed E-state index contributed by atoms with van der Waals surface area (Å²) in [6.07, 6.45) is 3.36. The Morgan fingerprint density at radius 1 is 1.05 bits per heavy atom. The normalized spacial score (nSPS) is 16.4. The smallest absolute Gasteiger partial charge is 0.0899 e. The van der Waals surface area contributed by atoms with Crippen molar-refractivity contribution in [3.8, 4) is 0 Å². The molecule has 8 heteroatoms. The Kier molecular flexibility index (Phi) is 4.45. The maximum atomic E-state index is 7.22. The van der Waals surface area contributed by atoms with Gasteiger partial charge in [-0.25, -0.2) is 10.2 Å². The summed E-state index contributed by atoms with van der Waals surface area (Å²) in [5.41, 5.74) is 2.07. The standard InChI is InChI=1S/C13H12N7.Os/c1-14-11-4-12(19-7-15-17(2)9-19)6-13(5-11)20-8-16-18(3)10-20;/h4-5,7-10H,2-3H3;/q-3;. The molecule has 0 aliphatic carbocycles. The van der Waals surface area contributed by atoms with Gasteiger partial charge < -0.3 is 19.8 Å². The molecule has 0 bridgehead atoms. The van der Waals surface area contributed by atoms with E-state index in [1.807, 2.05) is 37.2 Å². The number of anilines is 2. The molecule has 1 aromatic rings. The molecule has 7 nitrogen and oxygen atoms in total. The Hall–Kier alpha value is -2.11. The van der Waals surface area contributed by atoms with Crippen molar-refractivity contribution in [3.63, 3.8) is 0 Å². The average Bonchev–Trinajstić information content (AvgIpc) is 3.07. The average molecular weight is 457 g/mol. The zero-order chi connectivity index (χ0) is 14.1. The Bertz CT molecular complexity index is 577. The predicted molar refractivity (Wildman–Crippen MR) is 77.6 cm³/mol. The second kappa shape index (κ2) is 6.11. The Balaban J connectivity index is 0.00000161. The summed E-state index contributed by atoms with van der Waals surface area (Å²) in [7, 11) is 3.68. The quantitative estimate of drug-likeness (QED) is 0.635. The van der Waals surface area contributed by atoms with E-state index in [4.69, 9.17) is 6.57 Å². The van der Waals surface area contributed by atoms with Crippen LogP contribution in [0.5, 0.6) is 0 Å². The molecular formula is C13H12N7Os-3. The summed E-state index contributed by atoms with van der Waals surface area (Å²) in [5, 5.41) is 11.6. The first-order chi connectivity index (χ1) is 9.65. The van der Waals surface area contributed by atoms with Crippen LogP contribution in [0.3, 0.4) is 0 Å². The van der Waals surface area contributed by atoms with Gasteiger partial charge in [0.1, 0.15) is 0 Å². The number of hydrogen-bond acceptors (Lipinski definition) is 6. The first-order valence-corrected chi connectivity index (χ1v) is 5.91. The molecule has 0 fully saturated rings. The van der Waals surface area contributed by atoms with E-state index < -0.39 is 0 Å². The van der Waals surface area contributed by atoms with Gasteiger partial charge in [-0.2, -0.15) is 0 Å². The van der Waals surface area contributed by atoms with Crippen LogP contribution in [-0.2, 0) is 19.8 Å². The molecule has 2 heterocycles. The molecule has 2 aliphatic rings. The molecule has 0 atom stereocenters. The second-order valence-corrected chi connectivity index (χ2v) is 4.38. The van der Waals surface area contributed by atoms with E-state index in [1.54, 1.807) is 34.8 Å². The summed E-state index contributed by atoms with van der Waals surface area (Å²) in [6.45, 7) is 10.9. The molecule has 0 N–H and O–H groups in total. The van der Waals surface area contributed by atoms with E-state index in [-0.39, 0.29) is 19.8 Å². The molecule has 110 valence electrons. The number of nitrogens with zero attached hydrogens (tertiary/aromatic N) is 7. The Morgan fingerprint density at radius 2 is 1.52 bits per heavy atom. The zero-order valence-corrected chi connectivity index (χ0v) is 14.0. The third kappa shape index (κ3) is 3.14. The molecule has 0 amide bonds. The van der Waals surface area contributed by atoms with Crippen LogP contribution >= 0.6 is 0 Å². The van der Waals surface area contributed by atoms with Gasteiger partial charge in [-0.3, -0.25) is 4.85 Å². The number of hydrazone groups is 2. The van der Waals surface area contributed by atoms with Gasteiger partial charge in [0.05, 0.1) is 24.9 Å². The third-order valence-corrected chi connectivity index (χ3v) is 2.81. The molecule has 0 aromatic heterocycles. The SMILES string of the molecule is [C-]#[N+]c1cc(N2C=NN(C)[CH-]2)[c-]c(N2C=NN(C)[CH-]2)c1.[Os]. The van der Waals surface area contributed by atoms with E-state index in [9.17, 15) is 0 Å². The van der Waals surface area contributed by atoms with Crippen LogP contribution in [0.15, 0.2) is 22.3 Å². The number of hydrogen-bond donors (Lipinski definition) is 0. The summed E-state index contributed by atoms with van der Waals surface area (Å²) >= 11 is 0. The van der Waals surface area contributed by atoms with Crippen molar-refractivity contribution >= 4 is 29.7 Å². The summed E-state index contributed by atoms with van der Waals surface area (Å²) < 4.78 is 0. The molecule has 1 aromatic carbocycles. The van der Waals surface area contributed by atoms with E-state index in [0.29, 0.717) is 5.69 Å². The van der Waals surface area contributed by atoms with Gasteiger partial charge in [0, 0.05) is 19.8 Å². The zero-order valence-electron chi connectivity index (χ0n) is 11.4. The number of benzene rings is 1. The van der Waals surface area contributed by atoms with Gasteiger partial charge >= 0.3 is 0 Å². The van der Waals surface area contributed by atoms with Crippen molar-refractivity contribution in [2.24, 2.45) is 10.2 Å². The van der Waals surface area contributed by atoms with Gasteiger partial charge in [0.15, 0.2) is 0 Å². The van der Waals surface area contributed by atoms with Crippen LogP contribution in [0, 0.1) is 26.0 Å². The van der Waals surface area contributed by atoms with Gasteiger partial charge in [0.2, 0.25) is 0 Å². The Morgan fingerprint density at radius 3 is 1.86 bits per heavy atom. The molecule has 0 unspecified atom stereocenters. The molecule has 3 rings (SSSR count). The van der Waals surface area contributed by atoms with Crippen LogP contribution in [0.1, 0.15) is 0 Å². The minimum atomic E-state index is 0. The van der Waals surface area contributed by atoms with Gasteiger partial charge in [-0.1, -0.05) is 0 Å². The van der Waals surface area contributed by atoms with Crippen LogP contribution < -0.4 is 9.80 Å². The molecule has 21 heavy (non-hydrogen) atoms. The Labute approximate surface area is 137 Å². The van der Waals surface area contributed by atoms with Crippen molar-refractivity contribution in [1.82, 2.24) is 10.0 Å². The molecule has 2 aliphatic heterocycles. The molecule has 0 radical (unpaired) electrons. The minimum Gasteiger partial charge on any atom is -0.484 e. The summed E-state index contributed by atoms with van der Waals surface area (Å²) in [6, 6.07) is 6.80. The minimum absolute atomic E-state index is 0. The first kappa shape index (κ1) is 15.3. The first-order valence-electron chi connectivity index (χ1n) is 5.91. The van der Waals surface area contributed by atoms with Crippen LogP contribution in [0.25, 0.3) is 4.85 Å². The van der Waals surface area contributed by atoms with Gasteiger partial charge in [-0.15, -0.1) is 42.9 Å². The molecule has 0 spiro atoms. The maximum Gasteiger partial charge on any atom is 0.0899 e. The van der Waals surface area contributed by atoms with Crippen molar-refractivity contribution in [1.29, 1.82) is 0 Å². The topological polar surface area (TPSA) is 42.0 Å². The van der Waals surface area contributed by atoms with Crippen LogP contribution in [0.4, 0.5) is 17.1 Å². The fraction of sp³-hybridized carbons (Fsp3) is 0.154. The van der Waals surface area contributed by atoms with Crippen molar-refractivity contribution < 1.29 is 19.8 Å². The van der Waals surface area contributed by atoms with Crippen LogP contribution in [0.2, 0.25) is 0 Å². The van der Waals surface area contributed by atoms with Gasteiger partial charge in [-0.05, 0) is 14.1 Å². The van der Waals surface area contributed by atoms with Crippen LogP contribution in [-0.4, -0.2) is 36.8 Å². The van der Waals surface area contributed by atoms with Crippen molar-refractivity contribution in [3.05, 3.63) is 43.0 Å². The van der Waals surface area contributed by atoms with Crippen molar-refractivity contribution in [2.45, 2.75) is 0 Å². The van der Waals surface area contributed by atoms with E-state index in [0.717, 1.165) is 11.4 Å². The second-order valence-electron chi connectivity index (χ2n) is 4.38. The van der Waals surface area contributed by atoms with Crippen molar-refractivity contribution in [2.75, 3.05) is 23.9 Å². The monoisotopic (exact) mass is 458 g/mol. The maximum absolute atomic E-state index is 7.22. The van der Waals surface area contributed by atoms with E-state index >= 15 is 0 Å². The largest absolute Gasteiger partial charge is 0.484 e. The molecule has 0 saturated heterocycles.